The number of rotatable bonds is 11. The van der Waals surface area contributed by atoms with E-state index >= 15 is 4.39 Å². The first-order valence-electron chi connectivity index (χ1n) is 17.4. The van der Waals surface area contributed by atoms with Crippen LogP contribution in [0, 0.1) is 41.1 Å². The summed E-state index contributed by atoms with van der Waals surface area (Å²) in [5.74, 6) is -6.33. The van der Waals surface area contributed by atoms with Crippen LogP contribution in [-0.4, -0.2) is 6.11 Å². The monoisotopic (exact) mass is 716 g/mol. The fourth-order valence-corrected chi connectivity index (χ4v) is 9.48. The van der Waals surface area contributed by atoms with Gasteiger partial charge >= 0.3 is 16.3 Å². The van der Waals surface area contributed by atoms with Gasteiger partial charge in [0, 0.05) is 12.1 Å². The number of benzene rings is 2. The van der Waals surface area contributed by atoms with Crippen molar-refractivity contribution < 1.29 is 46.1 Å². The minimum Gasteiger partial charge on any atom is -0.432 e. The van der Waals surface area contributed by atoms with Crippen molar-refractivity contribution in [3.63, 3.8) is 0 Å². The fraction of sp³-hybridized carbons (Fsp3) is 0.667. The molecule has 0 amide bonds. The highest BCUT2D eigenvalue weighted by molar-refractivity contribution is 8.45. The van der Waals surface area contributed by atoms with Crippen LogP contribution in [-0.2, 0) is 0 Å². The molecule has 0 aliphatic heterocycles. The van der Waals surface area contributed by atoms with Crippen LogP contribution in [0.1, 0.15) is 133 Å². The van der Waals surface area contributed by atoms with Gasteiger partial charge in [-0.05, 0) is 111 Å². The second-order valence-corrected chi connectivity index (χ2v) is 16.9. The van der Waals surface area contributed by atoms with Crippen LogP contribution in [0.15, 0.2) is 35.2 Å². The molecule has 0 unspecified atom stereocenters. The van der Waals surface area contributed by atoms with Gasteiger partial charge in [0.25, 0.3) is 0 Å². The molecule has 0 N–H and O–H groups in total. The van der Waals surface area contributed by atoms with Gasteiger partial charge in [-0.15, -0.1) is 0 Å². The van der Waals surface area contributed by atoms with Gasteiger partial charge < -0.3 is 4.74 Å². The lowest BCUT2D eigenvalue weighted by Crippen LogP contribution is -2.37. The molecule has 48 heavy (non-hydrogen) atoms. The molecule has 0 bridgehead atoms. The van der Waals surface area contributed by atoms with Gasteiger partial charge in [0.1, 0.15) is 11.6 Å². The summed E-state index contributed by atoms with van der Waals surface area (Å²) in [6, 6.07) is 4.61. The van der Waals surface area contributed by atoms with E-state index in [0.29, 0.717) is 5.56 Å². The molecule has 0 aromatic heterocycles. The van der Waals surface area contributed by atoms with Gasteiger partial charge in [-0.2, -0.15) is 8.78 Å². The molecular weight excluding hydrogens is 670 g/mol. The van der Waals surface area contributed by atoms with Crippen LogP contribution < -0.4 is 4.74 Å². The van der Waals surface area contributed by atoms with E-state index in [4.69, 9.17) is 0 Å². The van der Waals surface area contributed by atoms with E-state index in [0.717, 1.165) is 49.0 Å². The average Bonchev–Trinajstić information content (AvgIpc) is 3.00. The molecule has 3 aliphatic carbocycles. The summed E-state index contributed by atoms with van der Waals surface area (Å²) in [5.41, 5.74) is 1.39. The first kappa shape index (κ1) is 37.2. The summed E-state index contributed by atoms with van der Waals surface area (Å²) < 4.78 is 142. The minimum absolute atomic E-state index is 0.155. The summed E-state index contributed by atoms with van der Waals surface area (Å²) in [6.45, 7) is 2.24. The molecule has 3 fully saturated rings. The molecular formula is C36H46F10OS. The lowest BCUT2D eigenvalue weighted by molar-refractivity contribution is -0.222. The van der Waals surface area contributed by atoms with Crippen LogP contribution in [0.4, 0.5) is 41.4 Å². The van der Waals surface area contributed by atoms with Crippen molar-refractivity contribution in [3.8, 4) is 5.75 Å². The molecule has 2 aromatic carbocycles. The smallest absolute Gasteiger partial charge is 0.400 e. The third-order valence-corrected chi connectivity index (χ3v) is 12.5. The van der Waals surface area contributed by atoms with Crippen molar-refractivity contribution in [1.82, 2.24) is 0 Å². The molecule has 272 valence electrons. The van der Waals surface area contributed by atoms with Crippen LogP contribution in [0.25, 0.3) is 0 Å². The predicted molar refractivity (Wildman–Crippen MR) is 169 cm³/mol. The summed E-state index contributed by atoms with van der Waals surface area (Å²) in [6.07, 6.45) is 10.9. The third-order valence-electron chi connectivity index (χ3n) is 11.3. The zero-order chi connectivity index (χ0) is 35.0. The lowest BCUT2D eigenvalue weighted by atomic mass is 9.68. The fourth-order valence-electron chi connectivity index (χ4n) is 8.63. The number of alkyl halides is 2. The zero-order valence-electron chi connectivity index (χ0n) is 27.3. The number of hydrogen-bond donors (Lipinski definition) is 0. The normalized spacial score (nSPS) is 28.8. The second-order valence-electron chi connectivity index (χ2n) is 14.6. The topological polar surface area (TPSA) is 9.23 Å². The van der Waals surface area contributed by atoms with Crippen molar-refractivity contribution in [2.24, 2.45) is 23.7 Å². The molecule has 12 heteroatoms. The van der Waals surface area contributed by atoms with Crippen LogP contribution in [0.2, 0.25) is 0 Å². The molecule has 0 heterocycles. The lowest BCUT2D eigenvalue weighted by Gasteiger charge is -2.40. The molecule has 0 radical (unpaired) electrons. The van der Waals surface area contributed by atoms with E-state index in [-0.39, 0.29) is 55.5 Å². The quantitative estimate of drug-likeness (QED) is 0.166. The summed E-state index contributed by atoms with van der Waals surface area (Å²) in [4.78, 5) is -3.41. The first-order chi connectivity index (χ1) is 22.3. The molecule has 0 saturated heterocycles. The molecule has 0 atom stereocenters. The van der Waals surface area contributed by atoms with E-state index in [1.54, 1.807) is 12.1 Å². The second kappa shape index (κ2) is 13.5. The standard InChI is InChI=1S/C36H46F10OS/c1-2-3-4-5-23-6-8-24(9-7-23)25-10-12-26(13-11-25)28-16-19-31(32(37)20-28)27-14-17-29(18-15-27)36(40,41)47-30-21-33(38)35(34(39)22-30)48(42,43,44,45)46/h16,19-27,29H,2-15,17-18H2,1H3. The Hall–Kier alpha value is -2.11. The Morgan fingerprint density at radius 1 is 0.667 bits per heavy atom. The summed E-state index contributed by atoms with van der Waals surface area (Å²) >= 11 is 0. The van der Waals surface area contributed by atoms with E-state index in [9.17, 15) is 37.0 Å². The third kappa shape index (κ3) is 8.97. The van der Waals surface area contributed by atoms with Gasteiger partial charge in [-0.1, -0.05) is 77.0 Å². The number of halogens is 10. The van der Waals surface area contributed by atoms with Crippen molar-refractivity contribution in [1.29, 1.82) is 0 Å². The molecule has 3 aliphatic rings. The highest BCUT2D eigenvalue weighted by atomic mass is 32.5. The molecule has 3 saturated carbocycles. The Labute approximate surface area is 276 Å². The van der Waals surface area contributed by atoms with Crippen molar-refractivity contribution in [2.45, 2.75) is 132 Å². The van der Waals surface area contributed by atoms with E-state index in [1.807, 2.05) is 6.07 Å². The maximum absolute atomic E-state index is 15.4. The maximum Gasteiger partial charge on any atom is 0.400 e. The largest absolute Gasteiger partial charge is 0.432 e. The Morgan fingerprint density at radius 3 is 1.73 bits per heavy atom. The Morgan fingerprint density at radius 2 is 1.21 bits per heavy atom. The van der Waals surface area contributed by atoms with Gasteiger partial charge in [0.05, 0.1) is 5.92 Å². The van der Waals surface area contributed by atoms with Crippen LogP contribution >= 0.6 is 10.2 Å². The maximum atomic E-state index is 15.4. The number of ether oxygens (including phenoxy) is 1. The van der Waals surface area contributed by atoms with E-state index < -0.39 is 44.5 Å². The van der Waals surface area contributed by atoms with Gasteiger partial charge in [-0.3, -0.25) is 0 Å². The SMILES string of the molecule is CCCCCC1CCC(C2CCC(c3ccc(C4CCC(C(F)(F)Oc5cc(F)c(S(F)(F)(F)(F)F)c(F)c5)CC4)c(F)c3)CC2)CC1. The Bertz CT molecular complexity index is 1380. The number of hydrogen-bond acceptors (Lipinski definition) is 1. The van der Waals surface area contributed by atoms with Gasteiger partial charge in [-0.25, -0.2) is 13.2 Å². The van der Waals surface area contributed by atoms with E-state index in [2.05, 4.69) is 11.7 Å². The average molecular weight is 717 g/mol. The van der Waals surface area contributed by atoms with E-state index in [1.165, 1.54) is 51.4 Å². The highest BCUT2D eigenvalue weighted by Gasteiger charge is 2.69. The van der Waals surface area contributed by atoms with Crippen molar-refractivity contribution in [3.05, 3.63) is 58.9 Å². The summed E-state index contributed by atoms with van der Waals surface area (Å²) in [5, 5.41) is 0. The van der Waals surface area contributed by atoms with Crippen molar-refractivity contribution in [2.75, 3.05) is 0 Å². The molecule has 5 rings (SSSR count). The minimum atomic E-state index is -10.8. The van der Waals surface area contributed by atoms with Crippen LogP contribution in [0.3, 0.4) is 0 Å². The molecule has 2 aromatic rings. The van der Waals surface area contributed by atoms with Gasteiger partial charge in [0.15, 0.2) is 16.5 Å². The highest BCUT2D eigenvalue weighted by Crippen LogP contribution is 3.02. The first-order valence-corrected chi connectivity index (χ1v) is 19.4. The Kier molecular flexibility index (Phi) is 10.5. The zero-order valence-corrected chi connectivity index (χ0v) is 28.1. The number of unbranched alkanes of at least 4 members (excludes halogenated alkanes) is 2. The predicted octanol–water partition coefficient (Wildman–Crippen LogP) is 14.4. The molecule has 0 spiro atoms. The Balaban J connectivity index is 1.12. The van der Waals surface area contributed by atoms with Crippen molar-refractivity contribution >= 4 is 10.2 Å². The molecule has 1 nitrogen and oxygen atoms in total. The summed E-state index contributed by atoms with van der Waals surface area (Å²) in [7, 11) is -10.8. The van der Waals surface area contributed by atoms with Gasteiger partial charge in [0.2, 0.25) is 0 Å². The van der Waals surface area contributed by atoms with Crippen LogP contribution in [0.5, 0.6) is 5.75 Å².